The zero-order chi connectivity index (χ0) is 23.9. The fourth-order valence-electron chi connectivity index (χ4n) is 3.26. The van der Waals surface area contributed by atoms with E-state index in [9.17, 15) is 19.3 Å². The van der Waals surface area contributed by atoms with E-state index in [2.05, 4.69) is 15.5 Å². The van der Waals surface area contributed by atoms with Crippen LogP contribution in [-0.2, 0) is 4.79 Å². The van der Waals surface area contributed by atoms with Crippen LogP contribution in [0.3, 0.4) is 0 Å². The Hall–Kier alpha value is -4.05. The Morgan fingerprint density at radius 3 is 2.41 bits per heavy atom. The van der Waals surface area contributed by atoms with Gasteiger partial charge >= 0.3 is 0 Å². The van der Waals surface area contributed by atoms with E-state index >= 15 is 0 Å². The lowest BCUT2D eigenvalue weighted by atomic mass is 10.2. The molecule has 34 heavy (non-hydrogen) atoms. The van der Waals surface area contributed by atoms with Gasteiger partial charge < -0.3 is 5.32 Å². The van der Waals surface area contributed by atoms with Gasteiger partial charge in [0.15, 0.2) is 11.0 Å². The van der Waals surface area contributed by atoms with Gasteiger partial charge in [0.05, 0.1) is 10.6 Å². The van der Waals surface area contributed by atoms with Crippen LogP contribution in [0.2, 0.25) is 0 Å². The third-order valence-electron chi connectivity index (χ3n) is 4.91. The average molecular weight is 478 g/mol. The molecule has 0 saturated heterocycles. The molecule has 4 rings (SSSR count). The van der Waals surface area contributed by atoms with Crippen molar-refractivity contribution in [1.82, 2.24) is 14.8 Å². The molecule has 0 atom stereocenters. The third-order valence-corrected chi connectivity index (χ3v) is 5.93. The molecule has 8 nitrogen and oxygen atoms in total. The first-order valence-electron chi connectivity index (χ1n) is 10.5. The Morgan fingerprint density at radius 2 is 1.71 bits per heavy atom. The van der Waals surface area contributed by atoms with Gasteiger partial charge in [-0.2, -0.15) is 0 Å². The van der Waals surface area contributed by atoms with Crippen LogP contribution < -0.4 is 5.32 Å². The largest absolute Gasteiger partial charge is 0.324 e. The Morgan fingerprint density at radius 1 is 1.00 bits per heavy atom. The van der Waals surface area contributed by atoms with Crippen molar-refractivity contribution in [3.05, 3.63) is 94.8 Å². The molecule has 0 saturated carbocycles. The topological polar surface area (TPSA) is 103 Å². The van der Waals surface area contributed by atoms with Gasteiger partial charge in [-0.05, 0) is 42.8 Å². The molecule has 1 aromatic heterocycles. The van der Waals surface area contributed by atoms with Crippen LogP contribution in [-0.4, -0.2) is 31.3 Å². The average Bonchev–Trinajstić information content (AvgIpc) is 3.28. The second kappa shape index (κ2) is 10.7. The van der Waals surface area contributed by atoms with E-state index < -0.39 is 10.7 Å². The minimum Gasteiger partial charge on any atom is -0.324 e. The number of rotatable bonds is 9. The molecule has 3 aromatic carbocycles. The van der Waals surface area contributed by atoms with Crippen LogP contribution in [0.5, 0.6) is 0 Å². The van der Waals surface area contributed by atoms with Crippen molar-refractivity contribution >= 4 is 29.0 Å². The highest BCUT2D eigenvalue weighted by Gasteiger charge is 2.17. The number of non-ortho nitro benzene ring substituents is 1. The van der Waals surface area contributed by atoms with Gasteiger partial charge in [0.2, 0.25) is 5.91 Å². The highest BCUT2D eigenvalue weighted by molar-refractivity contribution is 7.99. The van der Waals surface area contributed by atoms with Crippen molar-refractivity contribution in [1.29, 1.82) is 0 Å². The molecule has 0 aliphatic heterocycles. The summed E-state index contributed by atoms with van der Waals surface area (Å²) in [7, 11) is 0. The summed E-state index contributed by atoms with van der Waals surface area (Å²) in [6.45, 7) is 0. The van der Waals surface area contributed by atoms with E-state index in [4.69, 9.17) is 0 Å². The summed E-state index contributed by atoms with van der Waals surface area (Å²) in [6, 6.07) is 21.7. The molecule has 1 amide bonds. The number of thioether (sulfide) groups is 1. The number of amides is 1. The van der Waals surface area contributed by atoms with Crippen molar-refractivity contribution in [3.63, 3.8) is 0 Å². The molecule has 0 aliphatic rings. The van der Waals surface area contributed by atoms with Gasteiger partial charge in [0.1, 0.15) is 5.82 Å². The van der Waals surface area contributed by atoms with E-state index in [-0.39, 0.29) is 23.7 Å². The second-order valence-electron chi connectivity index (χ2n) is 7.26. The molecule has 0 bridgehead atoms. The van der Waals surface area contributed by atoms with Crippen molar-refractivity contribution in [2.75, 3.05) is 11.1 Å². The minimum atomic E-state index is -0.472. The summed E-state index contributed by atoms with van der Waals surface area (Å²) < 4.78 is 15.6. The maximum atomic E-state index is 13.7. The van der Waals surface area contributed by atoms with E-state index in [1.54, 1.807) is 24.3 Å². The normalized spacial score (nSPS) is 10.7. The van der Waals surface area contributed by atoms with E-state index in [1.165, 1.54) is 36.0 Å². The van der Waals surface area contributed by atoms with Crippen LogP contribution in [0, 0.1) is 15.9 Å². The lowest BCUT2D eigenvalue weighted by Crippen LogP contribution is -2.12. The summed E-state index contributed by atoms with van der Waals surface area (Å²) in [6.07, 6.45) is 0.787. The van der Waals surface area contributed by atoms with Crippen LogP contribution in [0.4, 0.5) is 15.8 Å². The molecule has 0 fully saturated rings. The van der Waals surface area contributed by atoms with Crippen LogP contribution in [0.15, 0.2) is 84.0 Å². The van der Waals surface area contributed by atoms with E-state index in [0.29, 0.717) is 28.7 Å². The van der Waals surface area contributed by atoms with E-state index in [1.807, 2.05) is 34.9 Å². The maximum absolute atomic E-state index is 13.7. The van der Waals surface area contributed by atoms with Crippen LogP contribution in [0.1, 0.15) is 12.8 Å². The minimum absolute atomic E-state index is 0.00205. The Balaban J connectivity index is 1.46. The summed E-state index contributed by atoms with van der Waals surface area (Å²) in [5.74, 6) is 0.415. The monoisotopic (exact) mass is 477 g/mol. The van der Waals surface area contributed by atoms with Crippen LogP contribution in [0.25, 0.3) is 17.1 Å². The number of nitrogens with one attached hydrogen (secondary N) is 1. The van der Waals surface area contributed by atoms with Crippen LogP contribution >= 0.6 is 11.8 Å². The van der Waals surface area contributed by atoms with Crippen molar-refractivity contribution in [3.8, 4) is 17.1 Å². The second-order valence-corrected chi connectivity index (χ2v) is 8.32. The number of benzene rings is 3. The summed E-state index contributed by atoms with van der Waals surface area (Å²) in [5.41, 5.74) is 1.70. The Labute approximate surface area is 199 Å². The highest BCUT2D eigenvalue weighted by atomic mass is 32.2. The number of nitro benzene ring substituents is 1. The molecule has 0 aliphatic carbocycles. The molecule has 4 aromatic rings. The SMILES string of the molecule is O=C(CCCSc1nnc(-c2ccc([N+](=O)[O-])cc2)n1-c1ccccc1)Nc1ccccc1F. The van der Waals surface area contributed by atoms with Crippen molar-refractivity contribution < 1.29 is 14.1 Å². The first-order chi connectivity index (χ1) is 16.5. The first-order valence-corrected chi connectivity index (χ1v) is 11.4. The van der Waals surface area contributed by atoms with Crippen molar-refractivity contribution in [2.24, 2.45) is 0 Å². The zero-order valence-corrected chi connectivity index (χ0v) is 18.7. The molecule has 0 spiro atoms. The maximum Gasteiger partial charge on any atom is 0.269 e. The number of halogens is 1. The molecule has 0 unspecified atom stereocenters. The Kier molecular flexibility index (Phi) is 7.28. The number of para-hydroxylation sites is 2. The van der Waals surface area contributed by atoms with E-state index in [0.717, 1.165) is 5.69 Å². The number of anilines is 1. The number of nitrogens with zero attached hydrogens (tertiary/aromatic N) is 4. The highest BCUT2D eigenvalue weighted by Crippen LogP contribution is 2.29. The quantitative estimate of drug-likeness (QED) is 0.148. The summed E-state index contributed by atoms with van der Waals surface area (Å²) in [5, 5.41) is 22.8. The van der Waals surface area contributed by atoms with Gasteiger partial charge in [0.25, 0.3) is 5.69 Å². The number of hydrogen-bond acceptors (Lipinski definition) is 6. The number of hydrogen-bond donors (Lipinski definition) is 1. The zero-order valence-electron chi connectivity index (χ0n) is 17.9. The molecule has 1 N–H and O–H groups in total. The molecular weight excluding hydrogens is 457 g/mol. The lowest BCUT2D eigenvalue weighted by Gasteiger charge is -2.10. The van der Waals surface area contributed by atoms with Gasteiger partial charge in [-0.25, -0.2) is 4.39 Å². The smallest absolute Gasteiger partial charge is 0.269 e. The number of carbonyl (C=O) groups is 1. The van der Waals surface area contributed by atoms with Gasteiger partial charge in [-0.3, -0.25) is 19.5 Å². The predicted molar refractivity (Wildman–Crippen MR) is 128 cm³/mol. The Bertz CT molecular complexity index is 1300. The van der Waals surface area contributed by atoms with Gasteiger partial charge in [0, 0.05) is 35.6 Å². The molecule has 0 radical (unpaired) electrons. The summed E-state index contributed by atoms with van der Waals surface area (Å²) in [4.78, 5) is 22.7. The fourth-order valence-corrected chi connectivity index (χ4v) is 4.15. The standard InChI is InChI=1S/C24H20FN5O3S/c25-20-9-4-5-10-21(20)26-22(31)11-6-16-34-24-28-27-23(29(24)18-7-2-1-3-8-18)17-12-14-19(15-13-17)30(32)33/h1-5,7-10,12-15H,6,11,16H2,(H,26,31). The molecule has 1 heterocycles. The third kappa shape index (κ3) is 5.46. The molecule has 10 heteroatoms. The fraction of sp³-hybridized carbons (Fsp3) is 0.125. The molecule has 172 valence electrons. The number of nitro groups is 1. The molecular formula is C24H20FN5O3S. The van der Waals surface area contributed by atoms with Crippen molar-refractivity contribution in [2.45, 2.75) is 18.0 Å². The number of aromatic nitrogens is 3. The number of carbonyl (C=O) groups excluding carboxylic acids is 1. The van der Waals surface area contributed by atoms with Gasteiger partial charge in [-0.15, -0.1) is 10.2 Å². The predicted octanol–water partition coefficient (Wildman–Crippen LogP) is 5.49. The van der Waals surface area contributed by atoms with Gasteiger partial charge in [-0.1, -0.05) is 42.1 Å². The first kappa shape index (κ1) is 23.1. The lowest BCUT2D eigenvalue weighted by molar-refractivity contribution is -0.384. The summed E-state index contributed by atoms with van der Waals surface area (Å²) >= 11 is 1.44.